The Bertz CT molecular complexity index is 959. The first kappa shape index (κ1) is 21.9. The molecule has 0 spiro atoms. The minimum atomic E-state index is -4.70. The first-order chi connectivity index (χ1) is 14.2. The van der Waals surface area contributed by atoms with E-state index in [1.807, 2.05) is 0 Å². The molecule has 0 saturated heterocycles. The number of nitrogens with one attached hydrogen (secondary N) is 2. The van der Waals surface area contributed by atoms with Crippen molar-refractivity contribution in [1.82, 2.24) is 20.4 Å². The third-order valence-corrected chi connectivity index (χ3v) is 6.80. The third-order valence-electron chi connectivity index (χ3n) is 6.80. The number of carbonyl (C=O) groups excluding carboxylic acids is 2. The summed E-state index contributed by atoms with van der Waals surface area (Å²) in [5.41, 5.74) is -1.64. The van der Waals surface area contributed by atoms with Crippen molar-refractivity contribution in [2.24, 2.45) is 17.8 Å². The highest BCUT2D eigenvalue weighted by atomic mass is 19.4. The molecule has 5 unspecified atom stereocenters. The first-order valence-electron chi connectivity index (χ1n) is 10.7. The summed E-state index contributed by atoms with van der Waals surface area (Å²) in [6, 6.07) is -0.310. The van der Waals surface area contributed by atoms with E-state index in [0.717, 1.165) is 35.7 Å². The number of fused-ring (bicyclic) bond motifs is 1. The van der Waals surface area contributed by atoms with Crippen LogP contribution in [0, 0.1) is 17.8 Å². The highest BCUT2D eigenvalue weighted by Gasteiger charge is 2.59. The number of hydrogen-bond donors (Lipinski definition) is 2. The summed E-state index contributed by atoms with van der Waals surface area (Å²) in [7, 11) is 0. The second-order valence-corrected chi connectivity index (χ2v) is 10.4. The molecular weight excluding hydrogens is 409 g/mol. The van der Waals surface area contributed by atoms with Crippen molar-refractivity contribution in [3.8, 4) is 0 Å². The van der Waals surface area contributed by atoms with E-state index in [1.54, 1.807) is 20.8 Å². The standard InChI is InChI=1S/C22H29F3N4O2/c1-11-6-13-14-8-21(7-11,28-12(2)30)9-15(14)17(13)27-19(31)16-10-26-29(20(3,4)5)18(16)22(23,24)25/h6,10-11,14-15,17H,7-9H2,1-5H3,(H,27,31)(H,28,30). The number of aromatic nitrogens is 2. The Labute approximate surface area is 179 Å². The van der Waals surface area contributed by atoms with Crippen LogP contribution in [0.4, 0.5) is 13.2 Å². The summed E-state index contributed by atoms with van der Waals surface area (Å²) in [6.07, 6.45) is 0.796. The van der Waals surface area contributed by atoms with Gasteiger partial charge in [0, 0.05) is 12.5 Å². The molecule has 0 aliphatic heterocycles. The largest absolute Gasteiger partial charge is 0.433 e. The Morgan fingerprint density at radius 2 is 1.87 bits per heavy atom. The summed E-state index contributed by atoms with van der Waals surface area (Å²) < 4.78 is 42.3. The number of rotatable bonds is 3. The van der Waals surface area contributed by atoms with Crippen LogP contribution in [0.1, 0.15) is 69.9 Å². The Morgan fingerprint density at radius 1 is 1.19 bits per heavy atom. The molecule has 2 N–H and O–H groups in total. The average Bonchev–Trinajstić information content (AvgIpc) is 3.14. The summed E-state index contributed by atoms with van der Waals surface area (Å²) in [5, 5.41) is 9.86. The van der Waals surface area contributed by atoms with Crippen LogP contribution in [0.5, 0.6) is 0 Å². The zero-order valence-corrected chi connectivity index (χ0v) is 18.4. The molecule has 2 saturated carbocycles. The van der Waals surface area contributed by atoms with Gasteiger partial charge in [0.15, 0.2) is 5.69 Å². The van der Waals surface area contributed by atoms with Gasteiger partial charge in [0.25, 0.3) is 5.91 Å². The van der Waals surface area contributed by atoms with Crippen LogP contribution in [-0.4, -0.2) is 33.2 Å². The van der Waals surface area contributed by atoms with Crippen molar-refractivity contribution in [2.75, 3.05) is 0 Å². The lowest BCUT2D eigenvalue weighted by molar-refractivity contribution is -0.146. The van der Waals surface area contributed by atoms with Crippen LogP contribution < -0.4 is 10.6 Å². The molecule has 3 aliphatic rings. The highest BCUT2D eigenvalue weighted by Crippen LogP contribution is 2.58. The van der Waals surface area contributed by atoms with Crippen molar-refractivity contribution in [3.05, 3.63) is 29.1 Å². The fourth-order valence-electron chi connectivity index (χ4n) is 5.95. The molecule has 4 rings (SSSR count). The molecule has 1 aromatic rings. The van der Waals surface area contributed by atoms with E-state index < -0.39 is 28.9 Å². The molecule has 1 aromatic heterocycles. The first-order valence-corrected chi connectivity index (χ1v) is 10.7. The number of amides is 2. The second-order valence-electron chi connectivity index (χ2n) is 10.4. The van der Waals surface area contributed by atoms with Gasteiger partial charge in [-0.25, -0.2) is 0 Å². The molecule has 0 radical (unpaired) electrons. The molecule has 0 aromatic carbocycles. The molecule has 3 aliphatic carbocycles. The van der Waals surface area contributed by atoms with E-state index in [4.69, 9.17) is 0 Å². The topological polar surface area (TPSA) is 76.0 Å². The number of hydrogen-bond acceptors (Lipinski definition) is 3. The van der Waals surface area contributed by atoms with Crippen LogP contribution in [-0.2, 0) is 16.5 Å². The lowest BCUT2D eigenvalue weighted by Gasteiger charge is -2.45. The van der Waals surface area contributed by atoms with Crippen LogP contribution in [0.25, 0.3) is 0 Å². The number of halogens is 3. The molecule has 2 bridgehead atoms. The quantitative estimate of drug-likeness (QED) is 0.708. The fraction of sp³-hybridized carbons (Fsp3) is 0.682. The van der Waals surface area contributed by atoms with Crippen molar-refractivity contribution < 1.29 is 22.8 Å². The van der Waals surface area contributed by atoms with E-state index in [9.17, 15) is 22.8 Å². The van der Waals surface area contributed by atoms with Gasteiger partial charge >= 0.3 is 6.18 Å². The molecule has 31 heavy (non-hydrogen) atoms. The van der Waals surface area contributed by atoms with Crippen LogP contribution in [0.2, 0.25) is 0 Å². The Balaban J connectivity index is 1.61. The van der Waals surface area contributed by atoms with Gasteiger partial charge in [-0.05, 0) is 63.4 Å². The van der Waals surface area contributed by atoms with Crippen molar-refractivity contribution in [2.45, 2.75) is 77.2 Å². The van der Waals surface area contributed by atoms with Crippen molar-refractivity contribution in [3.63, 3.8) is 0 Å². The maximum absolute atomic E-state index is 13.8. The third kappa shape index (κ3) is 3.65. The summed E-state index contributed by atoms with van der Waals surface area (Å²) in [4.78, 5) is 24.8. The molecule has 170 valence electrons. The molecule has 2 fully saturated rings. The molecule has 1 heterocycles. The summed E-state index contributed by atoms with van der Waals surface area (Å²) in [5.74, 6) is -0.269. The predicted octanol–water partition coefficient (Wildman–Crippen LogP) is 3.64. The second kappa shape index (κ2) is 6.84. The smallest absolute Gasteiger partial charge is 0.351 e. The molecule has 2 amide bonds. The van der Waals surface area contributed by atoms with Gasteiger partial charge in [-0.3, -0.25) is 14.3 Å². The minimum absolute atomic E-state index is 0.0815. The van der Waals surface area contributed by atoms with Crippen LogP contribution in [0.15, 0.2) is 17.8 Å². The van der Waals surface area contributed by atoms with Gasteiger partial charge in [0.05, 0.1) is 23.3 Å². The molecule has 9 heteroatoms. The van der Waals surface area contributed by atoms with Gasteiger partial charge in [-0.2, -0.15) is 18.3 Å². The van der Waals surface area contributed by atoms with Crippen molar-refractivity contribution >= 4 is 11.8 Å². The number of alkyl halides is 3. The predicted molar refractivity (Wildman–Crippen MR) is 108 cm³/mol. The maximum atomic E-state index is 13.8. The van der Waals surface area contributed by atoms with E-state index >= 15 is 0 Å². The van der Waals surface area contributed by atoms with E-state index in [2.05, 4.69) is 28.7 Å². The van der Waals surface area contributed by atoms with Crippen LogP contribution >= 0.6 is 0 Å². The number of nitrogens with zero attached hydrogens (tertiary/aromatic N) is 2. The Kier molecular flexibility index (Phi) is 4.83. The monoisotopic (exact) mass is 438 g/mol. The fourth-order valence-corrected chi connectivity index (χ4v) is 5.95. The lowest BCUT2D eigenvalue weighted by atomic mass is 9.65. The Morgan fingerprint density at radius 3 is 2.45 bits per heavy atom. The Hall–Kier alpha value is -2.32. The number of carbonyl (C=O) groups is 2. The summed E-state index contributed by atoms with van der Waals surface area (Å²) >= 11 is 0. The van der Waals surface area contributed by atoms with Crippen LogP contribution in [0.3, 0.4) is 0 Å². The molecular formula is C22H29F3N4O2. The molecule has 6 nitrogen and oxygen atoms in total. The van der Waals surface area contributed by atoms with Gasteiger partial charge in [-0.15, -0.1) is 0 Å². The SMILES string of the molecule is CC(=O)NC12CC(C)C=C3C(C1)C(C2)C3NC(=O)c1cnn(C(C)(C)C)c1C(F)(F)F. The lowest BCUT2D eigenvalue weighted by Crippen LogP contribution is -2.53. The number of allylic oxidation sites excluding steroid dienone is 1. The van der Waals surface area contributed by atoms with Gasteiger partial charge in [-0.1, -0.05) is 13.0 Å². The van der Waals surface area contributed by atoms with Crippen molar-refractivity contribution in [1.29, 1.82) is 0 Å². The minimum Gasteiger partial charge on any atom is -0.351 e. The average molecular weight is 438 g/mol. The zero-order valence-electron chi connectivity index (χ0n) is 18.4. The van der Waals surface area contributed by atoms with E-state index in [0.29, 0.717) is 0 Å². The van der Waals surface area contributed by atoms with Gasteiger partial charge in [0.2, 0.25) is 5.91 Å². The zero-order chi connectivity index (χ0) is 22.9. The maximum Gasteiger partial charge on any atom is 0.433 e. The van der Waals surface area contributed by atoms with Gasteiger partial charge < -0.3 is 10.6 Å². The highest BCUT2D eigenvalue weighted by molar-refractivity contribution is 5.96. The normalized spacial score (nSPS) is 32.1. The van der Waals surface area contributed by atoms with E-state index in [-0.39, 0.29) is 35.2 Å². The van der Waals surface area contributed by atoms with E-state index in [1.165, 1.54) is 6.92 Å². The van der Waals surface area contributed by atoms with Gasteiger partial charge in [0.1, 0.15) is 0 Å². The summed E-state index contributed by atoms with van der Waals surface area (Å²) in [6.45, 7) is 8.41. The molecule has 5 atom stereocenters.